The van der Waals surface area contributed by atoms with Crippen LogP contribution in [0.2, 0.25) is 0 Å². The van der Waals surface area contributed by atoms with Gasteiger partial charge in [0.25, 0.3) is 5.91 Å². The summed E-state index contributed by atoms with van der Waals surface area (Å²) in [5.41, 5.74) is 3.26. The number of carbonyl (C=O) groups is 2. The van der Waals surface area contributed by atoms with E-state index in [0.29, 0.717) is 31.7 Å². The summed E-state index contributed by atoms with van der Waals surface area (Å²) < 4.78 is 1.59. The predicted octanol–water partition coefficient (Wildman–Crippen LogP) is 3.69. The van der Waals surface area contributed by atoms with Gasteiger partial charge in [-0.2, -0.15) is 5.10 Å². The van der Waals surface area contributed by atoms with Crippen LogP contribution in [0.15, 0.2) is 66.9 Å². The molecule has 0 saturated carbocycles. The van der Waals surface area contributed by atoms with Crippen molar-refractivity contribution in [1.29, 1.82) is 0 Å². The maximum Gasteiger partial charge on any atom is 0.272 e. The van der Waals surface area contributed by atoms with Crippen LogP contribution >= 0.6 is 0 Å². The number of piperidine rings is 1. The molecule has 1 aromatic heterocycles. The summed E-state index contributed by atoms with van der Waals surface area (Å²) in [7, 11) is 1.77. The molecule has 1 saturated heterocycles. The fourth-order valence-electron chi connectivity index (χ4n) is 4.75. The van der Waals surface area contributed by atoms with Crippen LogP contribution in [0.5, 0.6) is 0 Å². The van der Waals surface area contributed by atoms with Crippen molar-refractivity contribution in [2.24, 2.45) is 12.5 Å². The third-order valence-electron chi connectivity index (χ3n) is 6.35. The molecule has 0 spiro atoms. The van der Waals surface area contributed by atoms with Crippen LogP contribution in [0.1, 0.15) is 35.8 Å². The van der Waals surface area contributed by atoms with Crippen LogP contribution in [0.3, 0.4) is 0 Å². The minimum atomic E-state index is -0.673. The Morgan fingerprint density at radius 1 is 1.06 bits per heavy atom. The van der Waals surface area contributed by atoms with Crippen molar-refractivity contribution in [3.63, 3.8) is 0 Å². The average Bonchev–Trinajstić information content (AvgIpc) is 3.25. The minimum absolute atomic E-state index is 0.0189. The van der Waals surface area contributed by atoms with E-state index >= 15 is 0 Å². The minimum Gasteiger partial charge on any atom is -0.356 e. The highest BCUT2D eigenvalue weighted by atomic mass is 16.2. The number of aromatic nitrogens is 2. The van der Waals surface area contributed by atoms with Crippen molar-refractivity contribution in [2.75, 3.05) is 19.6 Å². The average molecular weight is 431 g/mol. The Morgan fingerprint density at radius 2 is 1.81 bits per heavy atom. The number of benzene rings is 2. The van der Waals surface area contributed by atoms with Gasteiger partial charge in [0.1, 0.15) is 5.69 Å². The Bertz CT molecular complexity index is 1090. The van der Waals surface area contributed by atoms with Crippen LogP contribution in [0.25, 0.3) is 11.1 Å². The van der Waals surface area contributed by atoms with E-state index in [9.17, 15) is 9.59 Å². The number of hydrogen-bond acceptors (Lipinski definition) is 3. The number of aryl methyl sites for hydroxylation is 1. The van der Waals surface area contributed by atoms with Crippen LogP contribution in [-0.2, 0) is 18.3 Å². The van der Waals surface area contributed by atoms with E-state index in [1.807, 2.05) is 42.2 Å². The molecule has 1 aliphatic rings. The molecule has 166 valence electrons. The summed E-state index contributed by atoms with van der Waals surface area (Å²) in [6, 6.07) is 20.2. The number of amides is 2. The summed E-state index contributed by atoms with van der Waals surface area (Å²) >= 11 is 0. The molecule has 1 aliphatic heterocycles. The summed E-state index contributed by atoms with van der Waals surface area (Å²) in [4.78, 5) is 28.5. The highest BCUT2D eigenvalue weighted by Crippen LogP contribution is 2.37. The number of hydrogen-bond donors (Lipinski definition) is 1. The maximum atomic E-state index is 13.4. The SMILES string of the molecule is CCNC(=O)C1(Cc2ccccc2-c2ccccc2)CCCN(C(=O)c2ccnn2C)C1. The summed E-state index contributed by atoms with van der Waals surface area (Å²) in [6.45, 7) is 3.54. The Hall–Kier alpha value is -3.41. The van der Waals surface area contributed by atoms with Crippen LogP contribution in [0, 0.1) is 5.41 Å². The Balaban J connectivity index is 1.69. The molecule has 32 heavy (non-hydrogen) atoms. The summed E-state index contributed by atoms with van der Waals surface area (Å²) in [5.74, 6) is -0.0555. The zero-order chi connectivity index (χ0) is 22.6. The van der Waals surface area contributed by atoms with E-state index in [4.69, 9.17) is 0 Å². The van der Waals surface area contributed by atoms with Crippen molar-refractivity contribution in [3.8, 4) is 11.1 Å². The molecule has 2 aromatic carbocycles. The molecule has 0 radical (unpaired) electrons. The Kier molecular flexibility index (Phi) is 6.40. The van der Waals surface area contributed by atoms with Gasteiger partial charge in [0, 0.05) is 32.9 Å². The van der Waals surface area contributed by atoms with E-state index in [1.165, 1.54) is 0 Å². The molecule has 0 bridgehead atoms. The number of rotatable bonds is 6. The van der Waals surface area contributed by atoms with Crippen LogP contribution < -0.4 is 5.32 Å². The van der Waals surface area contributed by atoms with E-state index in [1.54, 1.807) is 24.0 Å². The normalized spacial score (nSPS) is 18.4. The fraction of sp³-hybridized carbons (Fsp3) is 0.346. The van der Waals surface area contributed by atoms with Gasteiger partial charge >= 0.3 is 0 Å². The molecule has 2 heterocycles. The molecule has 3 aromatic rings. The van der Waals surface area contributed by atoms with Crippen molar-refractivity contribution >= 4 is 11.8 Å². The zero-order valence-corrected chi connectivity index (χ0v) is 18.8. The van der Waals surface area contributed by atoms with Gasteiger partial charge in [0.05, 0.1) is 5.41 Å². The third kappa shape index (κ3) is 4.31. The first kappa shape index (κ1) is 21.8. The van der Waals surface area contributed by atoms with E-state index in [0.717, 1.165) is 29.5 Å². The van der Waals surface area contributed by atoms with Crippen molar-refractivity contribution in [1.82, 2.24) is 20.0 Å². The van der Waals surface area contributed by atoms with Crippen molar-refractivity contribution in [2.45, 2.75) is 26.2 Å². The predicted molar refractivity (Wildman–Crippen MR) is 125 cm³/mol. The van der Waals surface area contributed by atoms with Gasteiger partial charge in [-0.3, -0.25) is 14.3 Å². The molecule has 4 rings (SSSR count). The highest BCUT2D eigenvalue weighted by Gasteiger charge is 2.44. The van der Waals surface area contributed by atoms with Gasteiger partial charge < -0.3 is 10.2 Å². The lowest BCUT2D eigenvalue weighted by Gasteiger charge is -2.42. The quantitative estimate of drug-likeness (QED) is 0.649. The van der Waals surface area contributed by atoms with Crippen molar-refractivity contribution < 1.29 is 9.59 Å². The highest BCUT2D eigenvalue weighted by molar-refractivity contribution is 5.93. The first-order valence-corrected chi connectivity index (χ1v) is 11.2. The van der Waals surface area contributed by atoms with Crippen LogP contribution in [0.4, 0.5) is 0 Å². The summed E-state index contributed by atoms with van der Waals surface area (Å²) in [5, 5.41) is 7.18. The second kappa shape index (κ2) is 9.39. The number of likely N-dealkylation sites (tertiary alicyclic amines) is 1. The van der Waals surface area contributed by atoms with Gasteiger partial charge in [-0.15, -0.1) is 0 Å². The monoisotopic (exact) mass is 430 g/mol. The number of carbonyl (C=O) groups excluding carboxylic acids is 2. The second-order valence-corrected chi connectivity index (χ2v) is 8.51. The molecule has 1 unspecified atom stereocenters. The van der Waals surface area contributed by atoms with Crippen LogP contribution in [-0.4, -0.2) is 46.1 Å². The molecular weight excluding hydrogens is 400 g/mol. The molecule has 1 N–H and O–H groups in total. The maximum absolute atomic E-state index is 13.4. The van der Waals surface area contributed by atoms with E-state index in [2.05, 4.69) is 34.7 Å². The smallest absolute Gasteiger partial charge is 0.272 e. The molecule has 6 heteroatoms. The lowest BCUT2D eigenvalue weighted by Crippen LogP contribution is -2.54. The third-order valence-corrected chi connectivity index (χ3v) is 6.35. The van der Waals surface area contributed by atoms with E-state index < -0.39 is 5.41 Å². The lowest BCUT2D eigenvalue weighted by atomic mass is 9.73. The lowest BCUT2D eigenvalue weighted by molar-refractivity contribution is -0.133. The first-order chi connectivity index (χ1) is 15.5. The van der Waals surface area contributed by atoms with Gasteiger partial charge in [-0.05, 0) is 48.9 Å². The van der Waals surface area contributed by atoms with Gasteiger partial charge in [-0.1, -0.05) is 54.6 Å². The van der Waals surface area contributed by atoms with Gasteiger partial charge in [0.15, 0.2) is 0 Å². The molecule has 2 amide bonds. The molecule has 1 fully saturated rings. The second-order valence-electron chi connectivity index (χ2n) is 8.51. The Morgan fingerprint density at radius 3 is 2.53 bits per heavy atom. The largest absolute Gasteiger partial charge is 0.356 e. The molecule has 6 nitrogen and oxygen atoms in total. The first-order valence-electron chi connectivity index (χ1n) is 11.2. The van der Waals surface area contributed by atoms with Gasteiger partial charge in [0.2, 0.25) is 5.91 Å². The molecular formula is C26H30N4O2. The number of nitrogens with one attached hydrogen (secondary N) is 1. The molecule has 1 atom stereocenters. The number of nitrogens with zero attached hydrogens (tertiary/aromatic N) is 3. The fourth-order valence-corrected chi connectivity index (χ4v) is 4.75. The van der Waals surface area contributed by atoms with E-state index in [-0.39, 0.29) is 11.8 Å². The van der Waals surface area contributed by atoms with Gasteiger partial charge in [-0.25, -0.2) is 0 Å². The molecule has 0 aliphatic carbocycles. The Labute approximate surface area is 189 Å². The standard InChI is InChI=1S/C26H30N4O2/c1-3-27-25(32)26(15-9-17-30(19-26)24(31)23-14-16-28-29(23)2)18-21-12-7-8-13-22(21)20-10-5-4-6-11-20/h4-8,10-14,16H,3,9,15,17-19H2,1-2H3,(H,27,32). The van der Waals surface area contributed by atoms with Crippen molar-refractivity contribution in [3.05, 3.63) is 78.1 Å². The zero-order valence-electron chi connectivity index (χ0n) is 18.8. The topological polar surface area (TPSA) is 67.2 Å². The summed E-state index contributed by atoms with van der Waals surface area (Å²) in [6.07, 6.45) is 3.74.